The molecule has 0 heterocycles. The van der Waals surface area contributed by atoms with E-state index in [1.165, 1.54) is 6.92 Å². The fourth-order valence-electron chi connectivity index (χ4n) is 0.429. The quantitative estimate of drug-likeness (QED) is 0.424. The Kier molecular flexibility index (Phi) is 4.00. The van der Waals surface area contributed by atoms with Crippen molar-refractivity contribution in [3.05, 3.63) is 0 Å². The van der Waals surface area contributed by atoms with Gasteiger partial charge in [-0.15, -0.1) is 0 Å². The highest BCUT2D eigenvalue weighted by atomic mass is 16.3. The predicted octanol–water partition coefficient (Wildman–Crippen LogP) is -1.18. The molecule has 0 radical (unpaired) electrons. The van der Waals surface area contributed by atoms with Crippen molar-refractivity contribution in [3.8, 4) is 0 Å². The van der Waals surface area contributed by atoms with Gasteiger partial charge < -0.3 is 15.5 Å². The molecule has 0 rings (SSSR count). The van der Waals surface area contributed by atoms with E-state index in [4.69, 9.17) is 10.2 Å². The number of carbonyl (C=O) groups excluding carboxylic acids is 1. The molecule has 54 valence electrons. The van der Waals surface area contributed by atoms with Crippen LogP contribution in [0.1, 0.15) is 13.3 Å². The van der Waals surface area contributed by atoms with Crippen LogP contribution in [-0.4, -0.2) is 29.0 Å². The zero-order valence-corrected chi connectivity index (χ0v) is 5.29. The van der Waals surface area contributed by atoms with Crippen molar-refractivity contribution in [1.82, 2.24) is 5.32 Å². The summed E-state index contributed by atoms with van der Waals surface area (Å²) in [5.74, 6) is -0.295. The van der Waals surface area contributed by atoms with Gasteiger partial charge in [-0.1, -0.05) is 0 Å². The second kappa shape index (κ2) is 4.29. The molecule has 0 saturated carbocycles. The van der Waals surface area contributed by atoms with Crippen molar-refractivity contribution in [1.29, 1.82) is 0 Å². The van der Waals surface area contributed by atoms with Crippen molar-refractivity contribution in [2.45, 2.75) is 19.6 Å². The van der Waals surface area contributed by atoms with Crippen molar-refractivity contribution < 1.29 is 15.0 Å². The van der Waals surface area contributed by atoms with Crippen LogP contribution in [0, 0.1) is 0 Å². The van der Waals surface area contributed by atoms with E-state index < -0.39 is 6.23 Å². The van der Waals surface area contributed by atoms with E-state index in [0.29, 0.717) is 0 Å². The predicted molar refractivity (Wildman–Crippen MR) is 31.5 cm³/mol. The number of hydrogen-bond acceptors (Lipinski definition) is 3. The molecule has 0 aliphatic heterocycles. The summed E-state index contributed by atoms with van der Waals surface area (Å²) in [6, 6.07) is 0. The smallest absolute Gasteiger partial charge is 0.218 e. The molecule has 0 aromatic carbocycles. The number of hydrogen-bond donors (Lipinski definition) is 3. The molecule has 0 bridgehead atoms. The van der Waals surface area contributed by atoms with Gasteiger partial charge in [-0.2, -0.15) is 0 Å². The third kappa shape index (κ3) is 5.26. The highest BCUT2D eigenvalue weighted by molar-refractivity contribution is 5.72. The molecule has 1 atom stereocenters. The number of rotatable bonds is 3. The fraction of sp³-hybridized carbons (Fsp3) is 0.800. The highest BCUT2D eigenvalue weighted by Gasteiger charge is 2.01. The summed E-state index contributed by atoms with van der Waals surface area (Å²) in [5, 5.41) is 19.2. The summed E-state index contributed by atoms with van der Waals surface area (Å²) in [7, 11) is 0. The molecule has 3 N–H and O–H groups in total. The van der Waals surface area contributed by atoms with Crippen LogP contribution in [0.5, 0.6) is 0 Å². The van der Waals surface area contributed by atoms with Crippen LogP contribution in [-0.2, 0) is 4.79 Å². The molecule has 4 nitrogen and oxygen atoms in total. The molecule has 0 aliphatic carbocycles. The first kappa shape index (κ1) is 8.39. The molecular weight excluding hydrogens is 122 g/mol. The van der Waals surface area contributed by atoms with E-state index >= 15 is 0 Å². The number of carbonyl (C=O) groups is 1. The van der Waals surface area contributed by atoms with Crippen molar-refractivity contribution >= 4 is 5.91 Å². The van der Waals surface area contributed by atoms with Gasteiger partial charge in [0.2, 0.25) is 5.91 Å². The van der Waals surface area contributed by atoms with Crippen LogP contribution in [0.3, 0.4) is 0 Å². The molecule has 0 saturated heterocycles. The maximum atomic E-state index is 10.2. The number of aliphatic hydroxyl groups is 2. The van der Waals surface area contributed by atoms with Crippen molar-refractivity contribution in [3.63, 3.8) is 0 Å². The van der Waals surface area contributed by atoms with Gasteiger partial charge in [0.05, 0.1) is 0 Å². The average Bonchev–Trinajstić information content (AvgIpc) is 1.63. The standard InChI is InChI=1S/C5H11NO3/c1-4(8)6-5(9)2-3-7/h5,7,9H,2-3H2,1H3,(H,6,8). The lowest BCUT2D eigenvalue weighted by atomic mass is 10.4. The number of aliphatic hydroxyl groups excluding tert-OH is 2. The largest absolute Gasteiger partial charge is 0.396 e. The van der Waals surface area contributed by atoms with Gasteiger partial charge in [0.15, 0.2) is 0 Å². The third-order valence-electron chi connectivity index (χ3n) is 0.772. The van der Waals surface area contributed by atoms with E-state index in [0.717, 1.165) is 0 Å². The topological polar surface area (TPSA) is 69.6 Å². The normalized spacial score (nSPS) is 12.8. The van der Waals surface area contributed by atoms with Crippen LogP contribution < -0.4 is 5.32 Å². The molecule has 0 spiro atoms. The van der Waals surface area contributed by atoms with Gasteiger partial charge in [-0.3, -0.25) is 4.79 Å². The van der Waals surface area contributed by atoms with Crippen LogP contribution in [0.15, 0.2) is 0 Å². The SMILES string of the molecule is CC(=O)NC(O)CCO. The summed E-state index contributed by atoms with van der Waals surface area (Å²) in [6.45, 7) is 1.18. The molecule has 4 heteroatoms. The fourth-order valence-corrected chi connectivity index (χ4v) is 0.429. The Morgan fingerprint density at radius 1 is 1.78 bits per heavy atom. The van der Waals surface area contributed by atoms with Gasteiger partial charge in [0.1, 0.15) is 6.23 Å². The first-order chi connectivity index (χ1) is 4.16. The maximum absolute atomic E-state index is 10.2. The lowest BCUT2D eigenvalue weighted by Gasteiger charge is -2.07. The third-order valence-corrected chi connectivity index (χ3v) is 0.772. The van der Waals surface area contributed by atoms with Gasteiger partial charge in [-0.05, 0) is 0 Å². The van der Waals surface area contributed by atoms with Crippen LogP contribution in [0.25, 0.3) is 0 Å². The minimum absolute atomic E-state index is 0.124. The summed E-state index contributed by atoms with van der Waals surface area (Å²) in [4.78, 5) is 10.2. The lowest BCUT2D eigenvalue weighted by molar-refractivity contribution is -0.122. The van der Waals surface area contributed by atoms with E-state index in [-0.39, 0.29) is 18.9 Å². The van der Waals surface area contributed by atoms with E-state index in [1.807, 2.05) is 0 Å². The van der Waals surface area contributed by atoms with Crippen LogP contribution in [0.2, 0.25) is 0 Å². The zero-order chi connectivity index (χ0) is 7.28. The minimum atomic E-state index is -0.910. The molecule has 9 heavy (non-hydrogen) atoms. The second-order valence-corrected chi connectivity index (χ2v) is 1.73. The van der Waals surface area contributed by atoms with Gasteiger partial charge >= 0.3 is 0 Å². The van der Waals surface area contributed by atoms with E-state index in [2.05, 4.69) is 5.32 Å². The number of amides is 1. The highest BCUT2D eigenvalue weighted by Crippen LogP contribution is 1.82. The monoisotopic (exact) mass is 133 g/mol. The summed E-state index contributed by atoms with van der Waals surface area (Å²) < 4.78 is 0. The van der Waals surface area contributed by atoms with E-state index in [1.54, 1.807) is 0 Å². The molecule has 0 aromatic heterocycles. The molecule has 1 amide bonds. The van der Waals surface area contributed by atoms with Crippen molar-refractivity contribution in [2.24, 2.45) is 0 Å². The van der Waals surface area contributed by atoms with E-state index in [9.17, 15) is 4.79 Å². The zero-order valence-electron chi connectivity index (χ0n) is 5.29. The van der Waals surface area contributed by atoms with Crippen LogP contribution >= 0.6 is 0 Å². The Hall–Kier alpha value is -0.610. The van der Waals surface area contributed by atoms with Crippen molar-refractivity contribution in [2.75, 3.05) is 6.61 Å². The number of nitrogens with one attached hydrogen (secondary N) is 1. The Labute approximate surface area is 53.5 Å². The van der Waals surface area contributed by atoms with Gasteiger partial charge in [0.25, 0.3) is 0 Å². The summed E-state index contributed by atoms with van der Waals surface area (Å²) >= 11 is 0. The Bertz CT molecular complexity index is 94.2. The molecule has 1 unspecified atom stereocenters. The lowest BCUT2D eigenvalue weighted by Crippen LogP contribution is -2.33. The Balaban J connectivity index is 3.26. The molecule has 0 aromatic rings. The van der Waals surface area contributed by atoms with Gasteiger partial charge in [0, 0.05) is 20.0 Å². The second-order valence-electron chi connectivity index (χ2n) is 1.73. The molecule has 0 fully saturated rings. The Morgan fingerprint density at radius 3 is 2.67 bits per heavy atom. The maximum Gasteiger partial charge on any atom is 0.218 e. The average molecular weight is 133 g/mol. The van der Waals surface area contributed by atoms with Gasteiger partial charge in [-0.25, -0.2) is 0 Å². The summed E-state index contributed by atoms with van der Waals surface area (Å²) in [6.07, 6.45) is -0.730. The molecular formula is C5H11NO3. The first-order valence-corrected chi connectivity index (χ1v) is 2.73. The summed E-state index contributed by atoms with van der Waals surface area (Å²) in [5.41, 5.74) is 0. The molecule has 0 aliphatic rings. The Morgan fingerprint density at radius 2 is 2.33 bits per heavy atom. The van der Waals surface area contributed by atoms with Crippen LogP contribution in [0.4, 0.5) is 0 Å². The first-order valence-electron chi connectivity index (χ1n) is 2.73. The minimum Gasteiger partial charge on any atom is -0.396 e.